The Balaban J connectivity index is 0.000000134. The Bertz CT molecular complexity index is 1220. The highest BCUT2D eigenvalue weighted by Crippen LogP contribution is 2.51. The maximum absolute atomic E-state index is 12.0. The van der Waals surface area contributed by atoms with E-state index in [4.69, 9.17) is 23.7 Å². The monoisotopic (exact) mass is 532 g/mol. The summed E-state index contributed by atoms with van der Waals surface area (Å²) >= 11 is 0. The molecular weight excluding hydrogens is 496 g/mol. The van der Waals surface area contributed by atoms with Gasteiger partial charge >= 0.3 is 5.97 Å². The van der Waals surface area contributed by atoms with Crippen LogP contribution in [0.1, 0.15) is 42.0 Å². The summed E-state index contributed by atoms with van der Waals surface area (Å²) in [4.78, 5) is 12.0. The van der Waals surface area contributed by atoms with E-state index in [0.717, 1.165) is 38.5 Å². The van der Waals surface area contributed by atoms with Gasteiger partial charge in [0.15, 0.2) is 18.7 Å². The number of esters is 1. The second-order valence-electron chi connectivity index (χ2n) is 12.1. The van der Waals surface area contributed by atoms with E-state index < -0.39 is 18.7 Å². The zero-order valence-corrected chi connectivity index (χ0v) is 22.3. The van der Waals surface area contributed by atoms with Crippen molar-refractivity contribution in [3.8, 4) is 0 Å². The van der Waals surface area contributed by atoms with Crippen LogP contribution in [0.2, 0.25) is 0 Å². The van der Waals surface area contributed by atoms with Crippen LogP contribution in [0.5, 0.6) is 0 Å². The first-order chi connectivity index (χ1) is 19.0. The molecule has 0 radical (unpaired) electrons. The van der Waals surface area contributed by atoms with Crippen molar-refractivity contribution in [3.05, 3.63) is 82.9 Å². The smallest absolute Gasteiger partial charge is 0.330 e. The van der Waals surface area contributed by atoms with Gasteiger partial charge in [0.25, 0.3) is 0 Å². The molecule has 2 spiro atoms. The summed E-state index contributed by atoms with van der Waals surface area (Å²) < 4.78 is 28.5. The van der Waals surface area contributed by atoms with Crippen molar-refractivity contribution in [2.75, 3.05) is 13.2 Å². The third-order valence-corrected chi connectivity index (χ3v) is 9.50. The Kier molecular flexibility index (Phi) is 6.40. The number of allylic oxidation sites excluding steroid dienone is 1. The van der Waals surface area contributed by atoms with Crippen LogP contribution in [-0.2, 0) is 54.2 Å². The lowest BCUT2D eigenvalue weighted by molar-refractivity contribution is -0.219. The van der Waals surface area contributed by atoms with Crippen molar-refractivity contribution in [1.82, 2.24) is 0 Å². The highest BCUT2D eigenvalue weighted by molar-refractivity contribution is 5.82. The number of hydrogen-bond acceptors (Lipinski definition) is 7. The standard InChI is InChI=1S/C18H20O4.C14H16O3/c1-2-5-15(19)22-16-17-20-11-14(21-17)10-18(16)8-12-6-3-4-7-13(12)9-18;15-12-13-16-8-11(17-13)7-14(12)5-9-3-1-2-4-10(9)6-14/h2-7,14,16-17H,8-11H2,1H3;1-4,11-13,15H,5-8H2/b5-2+;/t14-,16+,17+;11-,12+,13+/m00/s1. The van der Waals surface area contributed by atoms with Gasteiger partial charge in [-0.15, -0.1) is 0 Å². The summed E-state index contributed by atoms with van der Waals surface area (Å²) in [6, 6.07) is 17.0. The van der Waals surface area contributed by atoms with E-state index in [1.54, 1.807) is 6.08 Å². The fourth-order valence-corrected chi connectivity index (χ4v) is 7.83. The Hall–Kier alpha value is -2.55. The molecule has 39 heavy (non-hydrogen) atoms. The molecule has 0 amide bonds. The SMILES string of the molecule is C/C=C/C(=O)O[C@@H]1[C@@H]2OC[C@H](CC13Cc1ccccc1C3)O2.O[C@@H]1[C@@H]2OC[C@H](CC13Cc1ccccc1C3)O2. The Labute approximate surface area is 229 Å². The summed E-state index contributed by atoms with van der Waals surface area (Å²) in [5.41, 5.74) is 5.34. The molecule has 2 aliphatic carbocycles. The molecular formula is C32H36O7. The zero-order chi connectivity index (χ0) is 26.6. The van der Waals surface area contributed by atoms with E-state index >= 15 is 0 Å². The van der Waals surface area contributed by atoms with Crippen molar-refractivity contribution in [3.63, 3.8) is 0 Å². The third-order valence-electron chi connectivity index (χ3n) is 9.50. The molecule has 6 aliphatic rings. The van der Waals surface area contributed by atoms with Crippen molar-refractivity contribution >= 4 is 5.97 Å². The predicted molar refractivity (Wildman–Crippen MR) is 142 cm³/mol. The fourth-order valence-electron chi connectivity index (χ4n) is 7.83. The molecule has 4 heterocycles. The molecule has 2 aromatic carbocycles. The van der Waals surface area contributed by atoms with Gasteiger partial charge in [-0.05, 0) is 67.7 Å². The van der Waals surface area contributed by atoms with E-state index in [0.29, 0.717) is 13.2 Å². The average Bonchev–Trinajstić information content (AvgIpc) is 3.69. The van der Waals surface area contributed by atoms with Gasteiger partial charge in [0, 0.05) is 16.9 Å². The molecule has 206 valence electrons. The molecule has 4 saturated heterocycles. The van der Waals surface area contributed by atoms with Gasteiger partial charge < -0.3 is 28.8 Å². The van der Waals surface area contributed by atoms with E-state index in [9.17, 15) is 9.90 Å². The number of ether oxygens (including phenoxy) is 5. The Morgan fingerprint density at radius 2 is 1.31 bits per heavy atom. The van der Waals surface area contributed by atoms with E-state index in [-0.39, 0.29) is 35.1 Å². The lowest BCUT2D eigenvalue weighted by atomic mass is 9.73. The maximum atomic E-state index is 12.0. The third kappa shape index (κ3) is 4.45. The number of carbonyl (C=O) groups is 1. The van der Waals surface area contributed by atoms with Crippen LogP contribution in [0.4, 0.5) is 0 Å². The predicted octanol–water partition coefficient (Wildman–Crippen LogP) is 3.68. The topological polar surface area (TPSA) is 83.5 Å². The molecule has 4 fully saturated rings. The molecule has 4 bridgehead atoms. The Morgan fingerprint density at radius 1 is 0.821 bits per heavy atom. The van der Waals surface area contributed by atoms with Crippen molar-refractivity contribution in [1.29, 1.82) is 0 Å². The molecule has 4 aliphatic heterocycles. The van der Waals surface area contributed by atoms with E-state index in [1.165, 1.54) is 28.3 Å². The van der Waals surface area contributed by atoms with Gasteiger partial charge in [-0.3, -0.25) is 0 Å². The van der Waals surface area contributed by atoms with Crippen LogP contribution >= 0.6 is 0 Å². The number of fused-ring (bicyclic) bond motifs is 6. The molecule has 1 N–H and O–H groups in total. The number of rotatable bonds is 2. The first-order valence-corrected chi connectivity index (χ1v) is 14.2. The molecule has 0 saturated carbocycles. The average molecular weight is 533 g/mol. The van der Waals surface area contributed by atoms with Gasteiger partial charge in [-0.2, -0.15) is 0 Å². The molecule has 8 rings (SSSR count). The van der Waals surface area contributed by atoms with E-state index in [2.05, 4.69) is 48.5 Å². The molecule has 0 aromatic heterocycles. The normalized spacial score (nSPS) is 34.1. The molecule has 7 nitrogen and oxygen atoms in total. The largest absolute Gasteiger partial charge is 0.453 e. The van der Waals surface area contributed by atoms with Crippen molar-refractivity contribution < 1.29 is 33.6 Å². The summed E-state index contributed by atoms with van der Waals surface area (Å²) in [5, 5.41) is 10.5. The molecule has 0 unspecified atom stereocenters. The summed E-state index contributed by atoms with van der Waals surface area (Å²) in [6.07, 6.45) is 7.36. The van der Waals surface area contributed by atoms with Crippen LogP contribution in [0.15, 0.2) is 60.7 Å². The minimum Gasteiger partial charge on any atom is -0.453 e. The summed E-state index contributed by atoms with van der Waals surface area (Å²) in [7, 11) is 0. The minimum atomic E-state index is -0.492. The zero-order valence-electron chi connectivity index (χ0n) is 22.3. The van der Waals surface area contributed by atoms with Gasteiger partial charge in [0.05, 0.1) is 25.4 Å². The van der Waals surface area contributed by atoms with Crippen LogP contribution in [0.25, 0.3) is 0 Å². The van der Waals surface area contributed by atoms with Crippen LogP contribution in [0.3, 0.4) is 0 Å². The summed E-state index contributed by atoms with van der Waals surface area (Å²) in [6.45, 7) is 3.04. The van der Waals surface area contributed by atoms with Gasteiger partial charge in [0.2, 0.25) is 0 Å². The number of aliphatic hydroxyl groups excluding tert-OH is 1. The lowest BCUT2D eigenvalue weighted by Crippen LogP contribution is -2.52. The van der Waals surface area contributed by atoms with Crippen molar-refractivity contribution in [2.24, 2.45) is 10.8 Å². The number of carbonyl (C=O) groups excluding carboxylic acids is 1. The van der Waals surface area contributed by atoms with Crippen LogP contribution in [-0.4, -0.2) is 61.3 Å². The van der Waals surface area contributed by atoms with Gasteiger partial charge in [-0.1, -0.05) is 54.6 Å². The number of hydrogen-bond donors (Lipinski definition) is 1. The minimum absolute atomic E-state index is 0.0478. The maximum Gasteiger partial charge on any atom is 0.330 e. The highest BCUT2D eigenvalue weighted by atomic mass is 16.7. The second kappa shape index (κ2) is 9.82. The fraction of sp³-hybridized carbons (Fsp3) is 0.531. The quantitative estimate of drug-likeness (QED) is 0.467. The summed E-state index contributed by atoms with van der Waals surface area (Å²) in [5.74, 6) is -0.319. The van der Waals surface area contributed by atoms with Crippen LogP contribution < -0.4 is 0 Å². The lowest BCUT2D eigenvalue weighted by Gasteiger charge is -2.42. The Morgan fingerprint density at radius 3 is 1.87 bits per heavy atom. The van der Waals surface area contributed by atoms with Crippen molar-refractivity contribution in [2.45, 2.75) is 82.4 Å². The van der Waals surface area contributed by atoms with Gasteiger partial charge in [0.1, 0.15) is 6.10 Å². The first-order valence-electron chi connectivity index (χ1n) is 14.2. The van der Waals surface area contributed by atoms with E-state index in [1.807, 2.05) is 6.92 Å². The molecule has 7 heteroatoms. The highest BCUT2D eigenvalue weighted by Gasteiger charge is 2.58. The van der Waals surface area contributed by atoms with Crippen LogP contribution in [0, 0.1) is 10.8 Å². The van der Waals surface area contributed by atoms with Gasteiger partial charge in [-0.25, -0.2) is 4.79 Å². The molecule has 2 aromatic rings. The number of benzene rings is 2. The number of aliphatic hydroxyl groups is 1. The first kappa shape index (κ1) is 25.4. The second-order valence-corrected chi connectivity index (χ2v) is 12.1. The molecule has 6 atom stereocenters.